The lowest BCUT2D eigenvalue weighted by molar-refractivity contribution is 0.712. The van der Waals surface area contributed by atoms with Gasteiger partial charge in [-0.15, -0.1) is 0 Å². The summed E-state index contributed by atoms with van der Waals surface area (Å²) in [7, 11) is 0. The van der Waals surface area contributed by atoms with E-state index in [1.165, 1.54) is 0 Å². The van der Waals surface area contributed by atoms with Gasteiger partial charge in [-0.05, 0) is 19.1 Å². The number of nitrogens with zero attached hydrogens (tertiary/aromatic N) is 3. The van der Waals surface area contributed by atoms with E-state index in [4.69, 9.17) is 11.1 Å². The average molecular weight is 285 g/mol. The van der Waals surface area contributed by atoms with Crippen LogP contribution in [0.5, 0.6) is 0 Å². The number of aromatic nitrogens is 2. The standard InChI is InChI=1S/C15H19N5O/c1-2-19-11-9-18-14(15(19)21)20(10-8-13(16)17)12-6-4-3-5-7-12/h3-7,9,11H,2,8,10H2,1H3,(H3,16,17). The van der Waals surface area contributed by atoms with Gasteiger partial charge >= 0.3 is 0 Å². The monoisotopic (exact) mass is 285 g/mol. The number of hydrogen-bond acceptors (Lipinski definition) is 4. The lowest BCUT2D eigenvalue weighted by Gasteiger charge is -2.23. The largest absolute Gasteiger partial charge is 0.388 e. The zero-order valence-corrected chi connectivity index (χ0v) is 12.0. The van der Waals surface area contributed by atoms with Gasteiger partial charge in [0.15, 0.2) is 5.82 Å². The number of hydrogen-bond donors (Lipinski definition) is 2. The zero-order chi connectivity index (χ0) is 15.2. The fraction of sp³-hybridized carbons (Fsp3) is 0.267. The van der Waals surface area contributed by atoms with Crippen molar-refractivity contribution in [1.29, 1.82) is 5.41 Å². The number of aryl methyl sites for hydroxylation is 1. The molecule has 110 valence electrons. The maximum atomic E-state index is 12.4. The van der Waals surface area contributed by atoms with Crippen LogP contribution in [0.25, 0.3) is 0 Å². The van der Waals surface area contributed by atoms with E-state index in [-0.39, 0.29) is 11.4 Å². The molecule has 0 saturated heterocycles. The third kappa shape index (κ3) is 3.47. The number of anilines is 2. The molecular formula is C15H19N5O. The number of nitrogens with one attached hydrogen (secondary N) is 1. The molecule has 0 radical (unpaired) electrons. The van der Waals surface area contributed by atoms with Gasteiger partial charge in [0.1, 0.15) is 0 Å². The lowest BCUT2D eigenvalue weighted by atomic mass is 10.2. The highest BCUT2D eigenvalue weighted by molar-refractivity contribution is 5.78. The average Bonchev–Trinajstić information content (AvgIpc) is 2.50. The van der Waals surface area contributed by atoms with Crippen LogP contribution in [0.3, 0.4) is 0 Å². The van der Waals surface area contributed by atoms with Crippen LogP contribution < -0.4 is 16.2 Å². The Kier molecular flexibility index (Phi) is 4.71. The predicted molar refractivity (Wildman–Crippen MR) is 84.2 cm³/mol. The van der Waals surface area contributed by atoms with Crippen LogP contribution in [0.2, 0.25) is 0 Å². The Labute approximate surface area is 123 Å². The molecule has 0 amide bonds. The van der Waals surface area contributed by atoms with E-state index in [9.17, 15) is 4.79 Å². The molecule has 1 aromatic heterocycles. The van der Waals surface area contributed by atoms with Gasteiger partial charge in [0.2, 0.25) is 0 Å². The summed E-state index contributed by atoms with van der Waals surface area (Å²) in [6.45, 7) is 2.94. The van der Waals surface area contributed by atoms with Crippen molar-refractivity contribution in [3.8, 4) is 0 Å². The number of rotatable bonds is 6. The van der Waals surface area contributed by atoms with Crippen molar-refractivity contribution in [2.24, 2.45) is 5.73 Å². The molecule has 6 nitrogen and oxygen atoms in total. The number of benzene rings is 1. The minimum Gasteiger partial charge on any atom is -0.388 e. The van der Waals surface area contributed by atoms with Crippen molar-refractivity contribution < 1.29 is 0 Å². The molecule has 0 aliphatic heterocycles. The SMILES string of the molecule is CCn1ccnc(N(CCC(=N)N)c2ccccc2)c1=O. The van der Waals surface area contributed by atoms with Crippen LogP contribution >= 0.6 is 0 Å². The summed E-state index contributed by atoms with van der Waals surface area (Å²) in [5.41, 5.74) is 6.16. The molecule has 0 saturated carbocycles. The third-order valence-corrected chi connectivity index (χ3v) is 3.16. The first-order valence-electron chi connectivity index (χ1n) is 6.84. The molecule has 1 aromatic carbocycles. The summed E-state index contributed by atoms with van der Waals surface area (Å²) in [6, 6.07) is 9.53. The van der Waals surface area contributed by atoms with Crippen LogP contribution in [0.1, 0.15) is 13.3 Å². The van der Waals surface area contributed by atoms with Crippen LogP contribution in [0.15, 0.2) is 47.5 Å². The first kappa shape index (κ1) is 14.8. The maximum Gasteiger partial charge on any atom is 0.293 e. The molecule has 0 aliphatic carbocycles. The first-order chi connectivity index (χ1) is 10.1. The minimum atomic E-state index is -0.146. The number of nitrogens with two attached hydrogens (primary N) is 1. The van der Waals surface area contributed by atoms with Crippen molar-refractivity contribution >= 4 is 17.3 Å². The van der Waals surface area contributed by atoms with Gasteiger partial charge in [0, 0.05) is 37.6 Å². The molecule has 0 atom stereocenters. The summed E-state index contributed by atoms with van der Waals surface area (Å²) in [5.74, 6) is 0.439. The fourth-order valence-corrected chi connectivity index (χ4v) is 2.07. The molecule has 0 bridgehead atoms. The Morgan fingerprint density at radius 2 is 2.10 bits per heavy atom. The molecular weight excluding hydrogens is 266 g/mol. The Morgan fingerprint density at radius 1 is 1.38 bits per heavy atom. The Bertz CT molecular complexity index is 665. The summed E-state index contributed by atoms with van der Waals surface area (Å²) >= 11 is 0. The van der Waals surface area contributed by atoms with Gasteiger partial charge in [0.25, 0.3) is 5.56 Å². The van der Waals surface area contributed by atoms with Gasteiger partial charge in [-0.25, -0.2) is 4.98 Å². The Hall–Kier alpha value is -2.63. The second-order valence-corrected chi connectivity index (χ2v) is 4.60. The zero-order valence-electron chi connectivity index (χ0n) is 12.0. The van der Waals surface area contributed by atoms with E-state index in [2.05, 4.69) is 4.98 Å². The van der Waals surface area contributed by atoms with E-state index in [1.807, 2.05) is 37.3 Å². The van der Waals surface area contributed by atoms with Crippen molar-refractivity contribution in [2.75, 3.05) is 11.4 Å². The quantitative estimate of drug-likeness (QED) is 0.625. The molecule has 3 N–H and O–H groups in total. The molecule has 0 unspecified atom stereocenters. The van der Waals surface area contributed by atoms with Gasteiger partial charge in [-0.1, -0.05) is 18.2 Å². The lowest BCUT2D eigenvalue weighted by Crippen LogP contribution is -2.32. The molecule has 21 heavy (non-hydrogen) atoms. The van der Waals surface area contributed by atoms with E-state index >= 15 is 0 Å². The molecule has 1 heterocycles. The first-order valence-corrected chi connectivity index (χ1v) is 6.84. The molecule has 0 spiro atoms. The summed E-state index contributed by atoms with van der Waals surface area (Å²) in [4.78, 5) is 18.5. The smallest absolute Gasteiger partial charge is 0.293 e. The van der Waals surface area contributed by atoms with Crippen LogP contribution in [0.4, 0.5) is 11.5 Å². The highest BCUT2D eigenvalue weighted by Gasteiger charge is 2.15. The van der Waals surface area contributed by atoms with Crippen molar-refractivity contribution in [3.05, 3.63) is 53.1 Å². The second kappa shape index (κ2) is 6.69. The normalized spacial score (nSPS) is 10.3. The number of para-hydroxylation sites is 1. The molecule has 2 rings (SSSR count). The topological polar surface area (TPSA) is 88.0 Å². The van der Waals surface area contributed by atoms with Crippen molar-refractivity contribution in [1.82, 2.24) is 9.55 Å². The van der Waals surface area contributed by atoms with E-state index in [0.29, 0.717) is 25.3 Å². The van der Waals surface area contributed by atoms with Crippen LogP contribution in [-0.4, -0.2) is 21.9 Å². The van der Waals surface area contributed by atoms with Gasteiger partial charge in [0.05, 0.1) is 5.84 Å². The maximum absolute atomic E-state index is 12.4. The van der Waals surface area contributed by atoms with E-state index in [1.54, 1.807) is 21.9 Å². The van der Waals surface area contributed by atoms with E-state index < -0.39 is 0 Å². The molecule has 0 aliphatic rings. The van der Waals surface area contributed by atoms with Crippen molar-refractivity contribution in [3.63, 3.8) is 0 Å². The van der Waals surface area contributed by atoms with Gasteiger partial charge in [-0.2, -0.15) is 0 Å². The van der Waals surface area contributed by atoms with Crippen LogP contribution in [-0.2, 0) is 6.54 Å². The highest BCUT2D eigenvalue weighted by Crippen LogP contribution is 2.20. The summed E-state index contributed by atoms with van der Waals surface area (Å²) in [6.07, 6.45) is 3.65. The van der Waals surface area contributed by atoms with Gasteiger partial charge in [-0.3, -0.25) is 10.2 Å². The van der Waals surface area contributed by atoms with Crippen molar-refractivity contribution in [2.45, 2.75) is 19.9 Å². The third-order valence-electron chi connectivity index (χ3n) is 3.16. The van der Waals surface area contributed by atoms with E-state index in [0.717, 1.165) is 5.69 Å². The number of amidine groups is 1. The summed E-state index contributed by atoms with van der Waals surface area (Å²) < 4.78 is 1.60. The molecule has 2 aromatic rings. The van der Waals surface area contributed by atoms with Gasteiger partial charge < -0.3 is 15.2 Å². The molecule has 0 fully saturated rings. The Morgan fingerprint density at radius 3 is 2.71 bits per heavy atom. The second-order valence-electron chi connectivity index (χ2n) is 4.60. The minimum absolute atomic E-state index is 0.0858. The highest BCUT2D eigenvalue weighted by atomic mass is 16.1. The summed E-state index contributed by atoms with van der Waals surface area (Å²) in [5, 5.41) is 7.39. The molecule has 6 heteroatoms. The predicted octanol–water partition coefficient (Wildman–Crippen LogP) is 1.73. The Balaban J connectivity index is 2.45. The van der Waals surface area contributed by atoms with Crippen LogP contribution in [0, 0.1) is 5.41 Å². The fourth-order valence-electron chi connectivity index (χ4n) is 2.07.